The Morgan fingerprint density at radius 2 is 1.95 bits per heavy atom. The van der Waals surface area contributed by atoms with Gasteiger partial charge < -0.3 is 19.7 Å². The summed E-state index contributed by atoms with van der Waals surface area (Å²) in [7, 11) is 3.24. The van der Waals surface area contributed by atoms with E-state index in [1.807, 2.05) is 18.2 Å². The van der Waals surface area contributed by atoms with Gasteiger partial charge in [-0.2, -0.15) is 0 Å². The number of benzene rings is 1. The maximum atomic E-state index is 11.8. The van der Waals surface area contributed by atoms with Crippen molar-refractivity contribution in [3.63, 3.8) is 0 Å². The Labute approximate surface area is 126 Å². The number of hydrogen-bond donors (Lipinski definition) is 1. The molecule has 1 heterocycles. The van der Waals surface area contributed by atoms with Crippen LogP contribution in [0, 0.1) is 0 Å². The Balaban J connectivity index is 1.90. The fraction of sp³-hybridized carbons (Fsp3) is 0.562. The van der Waals surface area contributed by atoms with Crippen molar-refractivity contribution in [3.05, 3.63) is 24.3 Å². The third-order valence-corrected chi connectivity index (χ3v) is 3.99. The Morgan fingerprint density at radius 1 is 1.29 bits per heavy atom. The number of piperidine rings is 1. The van der Waals surface area contributed by atoms with Crippen LogP contribution in [-0.2, 0) is 9.53 Å². The second-order valence-corrected chi connectivity index (χ2v) is 5.32. The van der Waals surface area contributed by atoms with Gasteiger partial charge in [-0.15, -0.1) is 0 Å². The normalized spacial score (nSPS) is 17.4. The van der Waals surface area contributed by atoms with Crippen LogP contribution >= 0.6 is 0 Å². The molecular weight excluding hydrogens is 268 g/mol. The zero-order valence-corrected chi connectivity index (χ0v) is 13.0. The number of carbonyl (C=O) groups is 1. The Morgan fingerprint density at radius 3 is 2.57 bits per heavy atom. The molecule has 5 heteroatoms. The molecule has 1 atom stereocenters. The third kappa shape index (κ3) is 3.88. The number of ether oxygens (including phenoxy) is 2. The largest absolute Gasteiger partial charge is 0.495 e. The molecule has 0 aliphatic carbocycles. The van der Waals surface area contributed by atoms with Crippen LogP contribution in [-0.4, -0.2) is 45.4 Å². The highest BCUT2D eigenvalue weighted by Gasteiger charge is 2.23. The lowest BCUT2D eigenvalue weighted by molar-refractivity contribution is -0.130. The van der Waals surface area contributed by atoms with Crippen LogP contribution in [0.1, 0.15) is 19.8 Å². The van der Waals surface area contributed by atoms with Gasteiger partial charge in [-0.05, 0) is 31.9 Å². The molecular formula is C16H24N2O3. The number of para-hydroxylation sites is 2. The van der Waals surface area contributed by atoms with E-state index in [-0.39, 0.29) is 11.9 Å². The van der Waals surface area contributed by atoms with Crippen molar-refractivity contribution in [1.82, 2.24) is 5.32 Å². The van der Waals surface area contributed by atoms with Gasteiger partial charge in [0.1, 0.15) is 11.9 Å². The van der Waals surface area contributed by atoms with Gasteiger partial charge in [-0.3, -0.25) is 4.79 Å². The van der Waals surface area contributed by atoms with Gasteiger partial charge in [0.15, 0.2) is 0 Å². The minimum Gasteiger partial charge on any atom is -0.495 e. The first-order chi connectivity index (χ1) is 10.2. The maximum absolute atomic E-state index is 11.8. The Kier molecular flexibility index (Phi) is 5.44. The van der Waals surface area contributed by atoms with Gasteiger partial charge in [-0.25, -0.2) is 0 Å². The van der Waals surface area contributed by atoms with E-state index in [2.05, 4.69) is 16.3 Å². The molecule has 0 saturated carbocycles. The summed E-state index contributed by atoms with van der Waals surface area (Å²) in [4.78, 5) is 14.1. The zero-order valence-electron chi connectivity index (χ0n) is 13.0. The first-order valence-corrected chi connectivity index (χ1v) is 7.37. The van der Waals surface area contributed by atoms with Crippen LogP contribution < -0.4 is 15.0 Å². The number of anilines is 1. The van der Waals surface area contributed by atoms with E-state index in [4.69, 9.17) is 9.47 Å². The first-order valence-electron chi connectivity index (χ1n) is 7.37. The molecule has 0 spiro atoms. The minimum atomic E-state index is -0.391. The summed E-state index contributed by atoms with van der Waals surface area (Å²) < 4.78 is 10.4. The highest BCUT2D eigenvalue weighted by molar-refractivity contribution is 5.80. The van der Waals surface area contributed by atoms with Crippen LogP contribution in [0.2, 0.25) is 0 Å². The molecule has 1 amide bonds. The summed E-state index contributed by atoms with van der Waals surface area (Å²) in [6, 6.07) is 8.27. The first kappa shape index (κ1) is 15.6. The number of methoxy groups -OCH3 is 2. The van der Waals surface area contributed by atoms with Gasteiger partial charge >= 0.3 is 0 Å². The van der Waals surface area contributed by atoms with Gasteiger partial charge in [0, 0.05) is 26.2 Å². The average molecular weight is 292 g/mol. The van der Waals surface area contributed by atoms with E-state index in [1.54, 1.807) is 21.1 Å². The summed E-state index contributed by atoms with van der Waals surface area (Å²) in [5, 5.41) is 3.05. The van der Waals surface area contributed by atoms with Crippen LogP contribution in [0.25, 0.3) is 0 Å². The standard InChI is InChI=1S/C16H24N2O3/c1-12(20-2)16(19)17-13-8-10-18(11-9-13)14-6-4-5-7-15(14)21-3/h4-7,12-13H,8-11H2,1-3H3,(H,17,19). The SMILES string of the molecule is COc1ccccc1N1CCC(NC(=O)C(C)OC)CC1. The summed E-state index contributed by atoms with van der Waals surface area (Å²) in [5.74, 6) is 0.862. The van der Waals surface area contributed by atoms with Crippen molar-refractivity contribution in [2.24, 2.45) is 0 Å². The van der Waals surface area contributed by atoms with Crippen molar-refractivity contribution in [3.8, 4) is 5.75 Å². The lowest BCUT2D eigenvalue weighted by Crippen LogP contribution is -2.47. The van der Waals surface area contributed by atoms with Crippen molar-refractivity contribution >= 4 is 11.6 Å². The fourth-order valence-corrected chi connectivity index (χ4v) is 2.58. The van der Waals surface area contributed by atoms with E-state index in [9.17, 15) is 4.79 Å². The van der Waals surface area contributed by atoms with Crippen LogP contribution in [0.4, 0.5) is 5.69 Å². The topological polar surface area (TPSA) is 50.8 Å². The van der Waals surface area contributed by atoms with Crippen molar-refractivity contribution in [2.45, 2.75) is 31.9 Å². The maximum Gasteiger partial charge on any atom is 0.249 e. The van der Waals surface area contributed by atoms with Gasteiger partial charge in [0.2, 0.25) is 5.91 Å². The molecule has 2 rings (SSSR count). The van der Waals surface area contributed by atoms with Crippen molar-refractivity contribution < 1.29 is 14.3 Å². The number of hydrogen-bond acceptors (Lipinski definition) is 4. The van der Waals surface area contributed by atoms with Gasteiger partial charge in [0.05, 0.1) is 12.8 Å². The van der Waals surface area contributed by atoms with E-state index in [1.165, 1.54) is 0 Å². The molecule has 1 saturated heterocycles. The lowest BCUT2D eigenvalue weighted by Gasteiger charge is -2.34. The number of carbonyl (C=O) groups excluding carboxylic acids is 1. The molecule has 1 aliphatic rings. The van der Waals surface area contributed by atoms with Crippen molar-refractivity contribution in [1.29, 1.82) is 0 Å². The molecule has 1 fully saturated rings. The Hall–Kier alpha value is -1.75. The van der Waals surface area contributed by atoms with Crippen LogP contribution in [0.15, 0.2) is 24.3 Å². The molecule has 0 radical (unpaired) electrons. The third-order valence-electron chi connectivity index (χ3n) is 3.99. The highest BCUT2D eigenvalue weighted by atomic mass is 16.5. The molecule has 116 valence electrons. The van der Waals surface area contributed by atoms with E-state index in [0.717, 1.165) is 37.4 Å². The minimum absolute atomic E-state index is 0.0340. The zero-order chi connectivity index (χ0) is 15.2. The summed E-state index contributed by atoms with van der Waals surface area (Å²) in [5.41, 5.74) is 1.12. The van der Waals surface area contributed by atoms with Gasteiger partial charge in [-0.1, -0.05) is 12.1 Å². The summed E-state index contributed by atoms with van der Waals surface area (Å²) in [6.45, 7) is 3.58. The average Bonchev–Trinajstić information content (AvgIpc) is 2.54. The van der Waals surface area contributed by atoms with Crippen molar-refractivity contribution in [2.75, 3.05) is 32.2 Å². The van der Waals surface area contributed by atoms with E-state index < -0.39 is 6.10 Å². The molecule has 0 aromatic heterocycles. The smallest absolute Gasteiger partial charge is 0.249 e. The summed E-state index contributed by atoms with van der Waals surface area (Å²) >= 11 is 0. The monoisotopic (exact) mass is 292 g/mol. The Bertz CT molecular complexity index is 470. The van der Waals surface area contributed by atoms with E-state index >= 15 is 0 Å². The molecule has 1 aliphatic heterocycles. The molecule has 1 unspecified atom stereocenters. The predicted octanol–water partition coefficient (Wildman–Crippen LogP) is 1.82. The number of rotatable bonds is 5. The highest BCUT2D eigenvalue weighted by Crippen LogP contribution is 2.29. The molecule has 21 heavy (non-hydrogen) atoms. The van der Waals surface area contributed by atoms with Crippen LogP contribution in [0.3, 0.4) is 0 Å². The van der Waals surface area contributed by atoms with Gasteiger partial charge in [0.25, 0.3) is 0 Å². The van der Waals surface area contributed by atoms with Crippen LogP contribution in [0.5, 0.6) is 5.75 Å². The number of nitrogens with one attached hydrogen (secondary N) is 1. The molecule has 5 nitrogen and oxygen atoms in total. The van der Waals surface area contributed by atoms with E-state index in [0.29, 0.717) is 0 Å². The number of amides is 1. The quantitative estimate of drug-likeness (QED) is 0.899. The number of nitrogens with zero attached hydrogens (tertiary/aromatic N) is 1. The second-order valence-electron chi connectivity index (χ2n) is 5.32. The molecule has 1 aromatic rings. The fourth-order valence-electron chi connectivity index (χ4n) is 2.58. The lowest BCUT2D eigenvalue weighted by atomic mass is 10.0. The molecule has 1 aromatic carbocycles. The second kappa shape index (κ2) is 7.31. The molecule has 1 N–H and O–H groups in total. The predicted molar refractivity (Wildman–Crippen MR) is 82.8 cm³/mol. The summed E-state index contributed by atoms with van der Waals surface area (Å²) in [6.07, 6.45) is 1.47. The molecule has 0 bridgehead atoms.